The number of hydrogen-bond acceptors (Lipinski definition) is 5. The van der Waals surface area contributed by atoms with Crippen molar-refractivity contribution in [2.75, 3.05) is 30.2 Å². The van der Waals surface area contributed by atoms with Crippen molar-refractivity contribution in [3.63, 3.8) is 0 Å². The molecular weight excluding hydrogens is 445 g/mol. The van der Waals surface area contributed by atoms with Gasteiger partial charge in [-0.3, -0.25) is 14.1 Å². The second kappa shape index (κ2) is 9.86. The second-order valence-corrected chi connectivity index (χ2v) is 9.67. The van der Waals surface area contributed by atoms with E-state index < -0.39 is 27.8 Å². The first-order valence-corrected chi connectivity index (χ1v) is 12.0. The van der Waals surface area contributed by atoms with E-state index in [0.29, 0.717) is 23.4 Å². The summed E-state index contributed by atoms with van der Waals surface area (Å²) in [6.07, 6.45) is -0.502. The molecule has 1 fully saturated rings. The van der Waals surface area contributed by atoms with E-state index >= 15 is 0 Å². The normalized spacial score (nSPS) is 15.4. The van der Waals surface area contributed by atoms with E-state index in [4.69, 9.17) is 0 Å². The number of pyridine rings is 1. The van der Waals surface area contributed by atoms with Crippen molar-refractivity contribution in [1.82, 2.24) is 15.6 Å². The van der Waals surface area contributed by atoms with Crippen LogP contribution in [0.5, 0.6) is 0 Å². The first kappa shape index (κ1) is 24.0. The van der Waals surface area contributed by atoms with Gasteiger partial charge in [-0.05, 0) is 67.7 Å². The Morgan fingerprint density at radius 2 is 1.81 bits per heavy atom. The minimum Gasteiger partial charge on any atom is -0.348 e. The van der Waals surface area contributed by atoms with E-state index in [1.165, 1.54) is 22.5 Å². The van der Waals surface area contributed by atoms with Gasteiger partial charge in [0, 0.05) is 24.8 Å². The van der Waals surface area contributed by atoms with Gasteiger partial charge in [-0.2, -0.15) is 13.2 Å². The van der Waals surface area contributed by atoms with Crippen molar-refractivity contribution in [3.8, 4) is 0 Å². The van der Waals surface area contributed by atoms with Crippen LogP contribution >= 0.6 is 0 Å². The topological polar surface area (TPSA) is 91.4 Å². The minimum atomic E-state index is -4.52. The summed E-state index contributed by atoms with van der Waals surface area (Å²) in [5, 5.41) is 5.87. The summed E-state index contributed by atoms with van der Waals surface area (Å²) in [6.45, 7) is 2.11. The number of aromatic nitrogens is 1. The molecule has 1 aliphatic rings. The maximum atomic E-state index is 12.6. The smallest absolute Gasteiger partial charge is 0.348 e. The molecule has 7 nitrogen and oxygen atoms in total. The molecule has 11 heteroatoms. The van der Waals surface area contributed by atoms with Gasteiger partial charge in [0.15, 0.2) is 0 Å². The number of alkyl halides is 3. The van der Waals surface area contributed by atoms with Crippen LogP contribution in [-0.2, 0) is 22.7 Å². The highest BCUT2D eigenvalue weighted by Gasteiger charge is 2.32. The molecule has 0 aliphatic carbocycles. The molecule has 0 unspecified atom stereocenters. The summed E-state index contributed by atoms with van der Waals surface area (Å²) in [6, 6.07) is 8.32. The Labute approximate surface area is 185 Å². The maximum absolute atomic E-state index is 12.6. The third-order valence-corrected chi connectivity index (χ3v) is 6.43. The molecule has 1 aromatic heterocycles. The van der Waals surface area contributed by atoms with Gasteiger partial charge in [-0.25, -0.2) is 8.42 Å². The third-order valence-electron chi connectivity index (χ3n) is 5.27. The zero-order valence-corrected chi connectivity index (χ0v) is 18.3. The van der Waals surface area contributed by atoms with E-state index in [2.05, 4.69) is 15.6 Å². The van der Waals surface area contributed by atoms with Crippen LogP contribution in [0.3, 0.4) is 0 Å². The summed E-state index contributed by atoms with van der Waals surface area (Å²) in [4.78, 5) is 15.7. The average Bonchev–Trinajstić information content (AvgIpc) is 2.75. The quantitative estimate of drug-likeness (QED) is 0.650. The van der Waals surface area contributed by atoms with Gasteiger partial charge in [-0.15, -0.1) is 0 Å². The number of benzene rings is 1. The van der Waals surface area contributed by atoms with Crippen LogP contribution in [0.15, 0.2) is 42.6 Å². The van der Waals surface area contributed by atoms with Crippen LogP contribution < -0.4 is 14.9 Å². The maximum Gasteiger partial charge on any atom is 0.433 e. The van der Waals surface area contributed by atoms with Crippen LogP contribution in [0.1, 0.15) is 34.5 Å². The van der Waals surface area contributed by atoms with Gasteiger partial charge in [0.1, 0.15) is 5.69 Å². The van der Waals surface area contributed by atoms with Crippen molar-refractivity contribution < 1.29 is 26.4 Å². The average molecular weight is 471 g/mol. The summed E-state index contributed by atoms with van der Waals surface area (Å²) in [7, 11) is -3.49. The van der Waals surface area contributed by atoms with Crippen molar-refractivity contribution in [2.24, 2.45) is 5.92 Å². The predicted octanol–water partition coefficient (Wildman–Crippen LogP) is 2.80. The third kappa shape index (κ3) is 6.42. The summed E-state index contributed by atoms with van der Waals surface area (Å²) in [5.74, 6) is -0.174. The monoisotopic (exact) mass is 470 g/mol. The highest BCUT2D eigenvalue weighted by molar-refractivity contribution is 7.92. The van der Waals surface area contributed by atoms with Crippen molar-refractivity contribution >= 4 is 21.6 Å². The lowest BCUT2D eigenvalue weighted by Gasteiger charge is -2.30. The van der Waals surface area contributed by atoms with Gasteiger partial charge in [0.05, 0.1) is 11.9 Å². The lowest BCUT2D eigenvalue weighted by molar-refractivity contribution is -0.141. The molecule has 1 aliphatic heterocycles. The largest absolute Gasteiger partial charge is 0.433 e. The lowest BCUT2D eigenvalue weighted by atomic mass is 9.98. The molecule has 0 bridgehead atoms. The Morgan fingerprint density at radius 3 is 2.34 bits per heavy atom. The molecule has 0 spiro atoms. The first-order valence-electron chi connectivity index (χ1n) is 10.1. The lowest BCUT2D eigenvalue weighted by Crippen LogP contribution is -2.39. The van der Waals surface area contributed by atoms with Gasteiger partial charge in [0.2, 0.25) is 10.0 Å². The molecule has 2 heterocycles. The molecule has 1 saturated heterocycles. The van der Waals surface area contributed by atoms with Gasteiger partial charge in [-0.1, -0.05) is 6.07 Å². The summed E-state index contributed by atoms with van der Waals surface area (Å²) >= 11 is 0. The Bertz CT molecular complexity index is 1020. The summed E-state index contributed by atoms with van der Waals surface area (Å²) < 4.78 is 63.7. The number of piperidine rings is 1. The van der Waals surface area contributed by atoms with Crippen molar-refractivity contribution in [1.29, 1.82) is 0 Å². The number of nitrogens with one attached hydrogen (secondary N) is 2. The van der Waals surface area contributed by atoms with Crippen molar-refractivity contribution in [2.45, 2.75) is 25.6 Å². The molecule has 174 valence electrons. The Hall–Kier alpha value is -2.66. The molecule has 1 amide bonds. The molecule has 3 rings (SSSR count). The Balaban J connectivity index is 1.63. The van der Waals surface area contributed by atoms with E-state index in [0.717, 1.165) is 44.5 Å². The van der Waals surface area contributed by atoms with E-state index in [9.17, 15) is 26.4 Å². The predicted molar refractivity (Wildman–Crippen MR) is 115 cm³/mol. The minimum absolute atomic E-state index is 0.0108. The number of rotatable bonds is 7. The number of nitrogens with zero attached hydrogens (tertiary/aromatic N) is 2. The van der Waals surface area contributed by atoms with Crippen LogP contribution in [0.2, 0.25) is 0 Å². The number of halogens is 3. The second-order valence-electron chi connectivity index (χ2n) is 7.77. The molecule has 0 saturated carbocycles. The van der Waals surface area contributed by atoms with E-state index in [-0.39, 0.29) is 12.5 Å². The zero-order chi connectivity index (χ0) is 23.4. The van der Waals surface area contributed by atoms with Gasteiger partial charge >= 0.3 is 6.18 Å². The molecule has 0 atom stereocenters. The fraction of sp³-hybridized carbons (Fsp3) is 0.429. The number of amides is 1. The van der Waals surface area contributed by atoms with E-state index in [1.807, 2.05) is 0 Å². The fourth-order valence-electron chi connectivity index (χ4n) is 3.49. The van der Waals surface area contributed by atoms with Gasteiger partial charge in [0.25, 0.3) is 5.91 Å². The number of anilines is 1. The Kier molecular flexibility index (Phi) is 7.40. The van der Waals surface area contributed by atoms with Crippen LogP contribution in [0.4, 0.5) is 18.9 Å². The molecule has 32 heavy (non-hydrogen) atoms. The van der Waals surface area contributed by atoms with Gasteiger partial charge < -0.3 is 10.6 Å². The highest BCUT2D eigenvalue weighted by Crippen LogP contribution is 2.27. The number of carbonyl (C=O) groups is 1. The first-order chi connectivity index (χ1) is 15.0. The molecule has 2 N–H and O–H groups in total. The number of hydrogen-bond donors (Lipinski definition) is 2. The number of carbonyl (C=O) groups excluding carboxylic acids is 1. The SMILES string of the molecule is CS(=O)(=O)N(CC1CCNCC1)c1ccc(C(=O)NCc2ccc(C(F)(F)F)nc2)cc1. The molecule has 1 aromatic carbocycles. The van der Waals surface area contributed by atoms with Crippen LogP contribution in [-0.4, -0.2) is 45.2 Å². The molecular formula is C21H25F3N4O3S. The van der Waals surface area contributed by atoms with Crippen molar-refractivity contribution in [3.05, 3.63) is 59.4 Å². The molecule has 0 radical (unpaired) electrons. The highest BCUT2D eigenvalue weighted by atomic mass is 32.2. The summed E-state index contributed by atoms with van der Waals surface area (Å²) in [5.41, 5.74) is 0.217. The fourth-order valence-corrected chi connectivity index (χ4v) is 4.48. The van der Waals surface area contributed by atoms with Crippen LogP contribution in [0.25, 0.3) is 0 Å². The van der Waals surface area contributed by atoms with E-state index in [1.54, 1.807) is 12.1 Å². The number of sulfonamides is 1. The van der Waals surface area contributed by atoms with Crippen LogP contribution in [0, 0.1) is 5.92 Å². The zero-order valence-electron chi connectivity index (χ0n) is 17.5. The molecule has 2 aromatic rings. The Morgan fingerprint density at radius 1 is 1.16 bits per heavy atom. The standard InChI is InChI=1S/C21H25F3N4O3S/c1-32(30,31)28(14-15-8-10-25-11-9-15)18-5-3-17(4-6-18)20(29)27-13-16-2-7-19(26-12-16)21(22,23)24/h2-7,12,15,25H,8-11,13-14H2,1H3,(H,27,29).